The van der Waals surface area contributed by atoms with E-state index in [1.165, 1.54) is 0 Å². The minimum Gasteiger partial charge on any atom is -0.478 e. The molecule has 0 fully saturated rings. The second-order valence-corrected chi connectivity index (χ2v) is 2.98. The molecule has 0 aromatic heterocycles. The Labute approximate surface area is 94.0 Å². The fourth-order valence-electron chi connectivity index (χ4n) is 1.17. The molecule has 0 aliphatic carbocycles. The molecule has 4 nitrogen and oxygen atoms in total. The fraction of sp³-hybridized carbons (Fsp3) is 0.333. The number of terminal acetylenes is 2. The molecular weight excluding hydrogens is 208 g/mol. The third kappa shape index (κ3) is 4.34. The summed E-state index contributed by atoms with van der Waals surface area (Å²) in [4.78, 5) is 21.7. The van der Waals surface area contributed by atoms with Crippen LogP contribution in [0.15, 0.2) is 11.1 Å². The van der Waals surface area contributed by atoms with Gasteiger partial charge in [-0.1, -0.05) is 0 Å². The van der Waals surface area contributed by atoms with Crippen molar-refractivity contribution in [1.82, 2.24) is 0 Å². The Kier molecular flexibility index (Phi) is 6.16. The van der Waals surface area contributed by atoms with Gasteiger partial charge < -0.3 is 10.2 Å². The van der Waals surface area contributed by atoms with Crippen molar-refractivity contribution in [3.8, 4) is 24.7 Å². The van der Waals surface area contributed by atoms with E-state index in [1.807, 2.05) is 0 Å². The summed E-state index contributed by atoms with van der Waals surface area (Å²) in [7, 11) is 0. The normalized spacial score (nSPS) is 10.9. The number of rotatable bonds is 6. The molecule has 16 heavy (non-hydrogen) atoms. The fourth-order valence-corrected chi connectivity index (χ4v) is 1.17. The van der Waals surface area contributed by atoms with Crippen LogP contribution in [0.25, 0.3) is 0 Å². The van der Waals surface area contributed by atoms with E-state index in [4.69, 9.17) is 23.1 Å². The van der Waals surface area contributed by atoms with Gasteiger partial charge in [0.1, 0.15) is 0 Å². The predicted molar refractivity (Wildman–Crippen MR) is 58.4 cm³/mol. The van der Waals surface area contributed by atoms with Crippen molar-refractivity contribution in [3.05, 3.63) is 11.1 Å². The van der Waals surface area contributed by atoms with E-state index < -0.39 is 11.9 Å². The van der Waals surface area contributed by atoms with Crippen LogP contribution in [0.3, 0.4) is 0 Å². The molecule has 0 aliphatic heterocycles. The van der Waals surface area contributed by atoms with Gasteiger partial charge in [-0.25, -0.2) is 9.59 Å². The molecule has 0 radical (unpaired) electrons. The van der Waals surface area contributed by atoms with Gasteiger partial charge in [-0.2, -0.15) is 0 Å². The SMILES string of the molecule is C#CCCC(C(=O)O)=C(CCC#C)C(=O)O. The number of carbonyl (C=O) groups is 2. The summed E-state index contributed by atoms with van der Waals surface area (Å²) >= 11 is 0. The summed E-state index contributed by atoms with van der Waals surface area (Å²) in [5, 5.41) is 17.8. The van der Waals surface area contributed by atoms with Gasteiger partial charge in [0.15, 0.2) is 0 Å². The predicted octanol–water partition coefficient (Wildman–Crippen LogP) is 1.28. The number of carboxylic acid groups (broad SMARTS) is 2. The van der Waals surface area contributed by atoms with E-state index in [1.54, 1.807) is 0 Å². The van der Waals surface area contributed by atoms with Crippen molar-refractivity contribution >= 4 is 11.9 Å². The molecule has 0 spiro atoms. The maximum absolute atomic E-state index is 10.9. The maximum atomic E-state index is 10.9. The van der Waals surface area contributed by atoms with E-state index in [9.17, 15) is 9.59 Å². The van der Waals surface area contributed by atoms with Gasteiger partial charge in [-0.15, -0.1) is 24.7 Å². The van der Waals surface area contributed by atoms with E-state index in [0.29, 0.717) is 0 Å². The van der Waals surface area contributed by atoms with E-state index in [-0.39, 0.29) is 36.8 Å². The van der Waals surface area contributed by atoms with Crippen molar-refractivity contribution < 1.29 is 19.8 Å². The first-order valence-electron chi connectivity index (χ1n) is 4.60. The molecule has 0 unspecified atom stereocenters. The largest absolute Gasteiger partial charge is 0.478 e. The Hall–Kier alpha value is -2.20. The van der Waals surface area contributed by atoms with Crippen molar-refractivity contribution in [2.75, 3.05) is 0 Å². The third-order valence-corrected chi connectivity index (χ3v) is 1.92. The van der Waals surface area contributed by atoms with Gasteiger partial charge in [0, 0.05) is 24.0 Å². The standard InChI is InChI=1S/C12H12O4/c1-3-5-7-9(11(13)14)10(12(15)16)8-6-4-2/h1-2H,5-8H2,(H,13,14)(H,15,16). The third-order valence-electron chi connectivity index (χ3n) is 1.92. The molecular formula is C12H12O4. The number of hydrogen-bond donors (Lipinski definition) is 2. The molecule has 0 amide bonds. The lowest BCUT2D eigenvalue weighted by atomic mass is 9.99. The van der Waals surface area contributed by atoms with E-state index in [0.717, 1.165) is 0 Å². The van der Waals surface area contributed by atoms with Gasteiger partial charge in [-0.3, -0.25) is 0 Å². The van der Waals surface area contributed by atoms with Crippen LogP contribution < -0.4 is 0 Å². The highest BCUT2D eigenvalue weighted by atomic mass is 16.4. The monoisotopic (exact) mass is 220 g/mol. The molecule has 0 rings (SSSR count). The Bertz CT molecular complexity index is 352. The summed E-state index contributed by atoms with van der Waals surface area (Å²) in [6.07, 6.45) is 10.5. The molecule has 2 N–H and O–H groups in total. The average Bonchev–Trinajstić information content (AvgIpc) is 2.21. The van der Waals surface area contributed by atoms with Crippen LogP contribution in [-0.2, 0) is 9.59 Å². The van der Waals surface area contributed by atoms with Gasteiger partial charge in [0.05, 0.1) is 0 Å². The lowest BCUT2D eigenvalue weighted by Gasteiger charge is -2.06. The zero-order valence-electron chi connectivity index (χ0n) is 8.69. The minimum atomic E-state index is -1.26. The van der Waals surface area contributed by atoms with Crippen LogP contribution in [0.1, 0.15) is 25.7 Å². The topological polar surface area (TPSA) is 74.6 Å². The number of carboxylic acids is 2. The zero-order chi connectivity index (χ0) is 12.6. The quantitative estimate of drug-likeness (QED) is 0.522. The van der Waals surface area contributed by atoms with Crippen molar-refractivity contribution in [3.63, 3.8) is 0 Å². The van der Waals surface area contributed by atoms with Crippen LogP contribution in [0, 0.1) is 24.7 Å². The summed E-state index contributed by atoms with van der Waals surface area (Å²) in [6.45, 7) is 0. The van der Waals surface area contributed by atoms with Gasteiger partial charge in [0.25, 0.3) is 0 Å². The molecule has 0 aliphatic rings. The van der Waals surface area contributed by atoms with Crippen molar-refractivity contribution in [2.45, 2.75) is 25.7 Å². The molecule has 4 heteroatoms. The lowest BCUT2D eigenvalue weighted by Crippen LogP contribution is -2.11. The van der Waals surface area contributed by atoms with Crippen LogP contribution >= 0.6 is 0 Å². The number of aliphatic carboxylic acids is 2. The first kappa shape index (κ1) is 13.8. The van der Waals surface area contributed by atoms with Gasteiger partial charge >= 0.3 is 11.9 Å². The second-order valence-electron chi connectivity index (χ2n) is 2.98. The van der Waals surface area contributed by atoms with E-state index in [2.05, 4.69) is 11.8 Å². The number of hydrogen-bond acceptors (Lipinski definition) is 2. The minimum absolute atomic E-state index is 0.0397. The maximum Gasteiger partial charge on any atom is 0.332 e. The van der Waals surface area contributed by atoms with Crippen LogP contribution in [-0.4, -0.2) is 22.2 Å². The zero-order valence-corrected chi connectivity index (χ0v) is 8.69. The summed E-state index contributed by atoms with van der Waals surface area (Å²) in [6, 6.07) is 0. The van der Waals surface area contributed by atoms with Gasteiger partial charge in [0.2, 0.25) is 0 Å². The molecule has 0 heterocycles. The Morgan fingerprint density at radius 1 is 0.875 bits per heavy atom. The van der Waals surface area contributed by atoms with Crippen molar-refractivity contribution in [2.24, 2.45) is 0 Å². The van der Waals surface area contributed by atoms with E-state index >= 15 is 0 Å². The van der Waals surface area contributed by atoms with Crippen LogP contribution in [0.2, 0.25) is 0 Å². The highest BCUT2D eigenvalue weighted by Crippen LogP contribution is 2.16. The molecule has 0 saturated heterocycles. The average molecular weight is 220 g/mol. The first-order chi connectivity index (χ1) is 7.54. The van der Waals surface area contributed by atoms with Crippen LogP contribution in [0.5, 0.6) is 0 Å². The highest BCUT2D eigenvalue weighted by Gasteiger charge is 2.18. The molecule has 0 aromatic rings. The smallest absolute Gasteiger partial charge is 0.332 e. The summed E-state index contributed by atoms with van der Waals surface area (Å²) in [5.41, 5.74) is -0.332. The summed E-state index contributed by atoms with van der Waals surface area (Å²) in [5.74, 6) is 2.03. The highest BCUT2D eigenvalue weighted by molar-refractivity contribution is 5.98. The Morgan fingerprint density at radius 2 is 1.19 bits per heavy atom. The molecule has 0 atom stereocenters. The van der Waals surface area contributed by atoms with Crippen LogP contribution in [0.4, 0.5) is 0 Å². The molecule has 84 valence electrons. The Morgan fingerprint density at radius 3 is 1.38 bits per heavy atom. The summed E-state index contributed by atoms with van der Waals surface area (Å²) < 4.78 is 0. The first-order valence-corrected chi connectivity index (χ1v) is 4.60. The van der Waals surface area contributed by atoms with Gasteiger partial charge in [-0.05, 0) is 12.8 Å². The van der Waals surface area contributed by atoms with Crippen molar-refractivity contribution in [1.29, 1.82) is 0 Å². The molecule has 0 saturated carbocycles. The lowest BCUT2D eigenvalue weighted by molar-refractivity contribution is -0.136. The molecule has 0 aromatic carbocycles. The Balaban J connectivity index is 5.12. The molecule has 0 bridgehead atoms. The second kappa shape index (κ2) is 7.14.